The Balaban J connectivity index is 0.000000148. The normalized spacial score (nSPS) is 16.3. The van der Waals surface area contributed by atoms with Gasteiger partial charge >= 0.3 is 0 Å². The molecule has 0 radical (unpaired) electrons. The first-order valence-corrected chi connectivity index (χ1v) is 19.5. The number of carbonyl (C=O) groups is 2. The van der Waals surface area contributed by atoms with Crippen LogP contribution >= 0.6 is 35.3 Å². The van der Waals surface area contributed by atoms with Crippen LogP contribution in [0, 0.1) is 13.8 Å². The summed E-state index contributed by atoms with van der Waals surface area (Å²) in [4.78, 5) is 38.9. The Morgan fingerprint density at radius 1 is 0.660 bits per heavy atom. The van der Waals surface area contributed by atoms with E-state index in [1.165, 1.54) is 85.5 Å². The van der Waals surface area contributed by atoms with Crippen molar-refractivity contribution in [1.29, 1.82) is 0 Å². The van der Waals surface area contributed by atoms with E-state index in [2.05, 4.69) is 47.3 Å². The van der Waals surface area contributed by atoms with Crippen LogP contribution in [-0.2, 0) is 0 Å². The second-order valence-corrected chi connectivity index (χ2v) is 15.7. The van der Waals surface area contributed by atoms with Crippen molar-refractivity contribution in [2.45, 2.75) is 88.9 Å². The predicted octanol–water partition coefficient (Wildman–Crippen LogP) is 7.90. The van der Waals surface area contributed by atoms with Gasteiger partial charge in [0.25, 0.3) is 11.8 Å². The van der Waals surface area contributed by atoms with E-state index in [4.69, 9.17) is 10.2 Å². The van der Waals surface area contributed by atoms with Crippen LogP contribution in [-0.4, -0.2) is 55.9 Å². The van der Waals surface area contributed by atoms with Crippen molar-refractivity contribution in [1.82, 2.24) is 44.1 Å². The van der Waals surface area contributed by atoms with Gasteiger partial charge < -0.3 is 10.6 Å². The molecule has 4 aliphatic carbocycles. The molecule has 0 aromatic carbocycles. The van der Waals surface area contributed by atoms with E-state index in [-0.39, 0.29) is 24.2 Å². The highest BCUT2D eigenvalue weighted by atomic mass is 35.5. The molecule has 53 heavy (non-hydrogen) atoms. The third-order valence-electron chi connectivity index (χ3n) is 9.75. The monoisotopic (exact) mass is 767 g/mol. The van der Waals surface area contributed by atoms with Crippen molar-refractivity contribution in [2.24, 2.45) is 0 Å². The number of hydrogen-bond acceptors (Lipinski definition) is 11. The van der Waals surface area contributed by atoms with Crippen LogP contribution in [0.2, 0.25) is 0 Å². The van der Waals surface area contributed by atoms with Gasteiger partial charge in [-0.3, -0.25) is 9.59 Å². The maximum absolute atomic E-state index is 12.3. The lowest BCUT2D eigenvalue weighted by Gasteiger charge is -2.08. The van der Waals surface area contributed by atoms with Gasteiger partial charge in [-0.15, -0.1) is 28.8 Å². The Morgan fingerprint density at radius 3 is 1.53 bits per heavy atom. The second kappa shape index (κ2) is 14.5. The lowest BCUT2D eigenvalue weighted by Crippen LogP contribution is -2.12. The number of nitrogens with one attached hydrogen (secondary N) is 2. The zero-order valence-electron chi connectivity index (χ0n) is 29.2. The van der Waals surface area contributed by atoms with Crippen molar-refractivity contribution in [3.8, 4) is 11.6 Å². The van der Waals surface area contributed by atoms with Gasteiger partial charge in [-0.2, -0.15) is 10.2 Å². The van der Waals surface area contributed by atoms with E-state index < -0.39 is 0 Å². The van der Waals surface area contributed by atoms with Crippen LogP contribution in [0.15, 0.2) is 54.3 Å². The summed E-state index contributed by atoms with van der Waals surface area (Å²) >= 11 is 2.44. The van der Waals surface area contributed by atoms with Crippen LogP contribution in [0.1, 0.15) is 129 Å². The minimum atomic E-state index is -0.208. The molecule has 10 rings (SSSR count). The standard InChI is InChI=1S/C19H19N5OS.C18H18N6OS.ClH/c1-11-18(26-10-21-11)19(25)22-14-6-7-17(20-9-14)24-16(13-4-5-13)8-15(23-24)12-2-3-12;1-10-17(26-23-21-10)18(25)20-13-6-7-16(19-9-13)24-15(12-4-5-12)8-14(22-24)11-2-3-11;/h6-10,12-13H,2-5H2,1H3,(H,22,25);6-9,11-12H,2-5H2,1H3,(H,20,25);1H. The fourth-order valence-corrected chi connectivity index (χ4v) is 7.45. The number of nitrogens with zero attached hydrogens (tertiary/aromatic N) is 9. The van der Waals surface area contributed by atoms with E-state index in [9.17, 15) is 9.59 Å². The fraction of sp³-hybridized carbons (Fsp3) is 0.378. The minimum absolute atomic E-state index is 0. The Kier molecular flexibility index (Phi) is 9.64. The number of anilines is 2. The van der Waals surface area contributed by atoms with E-state index >= 15 is 0 Å². The van der Waals surface area contributed by atoms with Crippen molar-refractivity contribution >= 4 is 58.5 Å². The molecule has 6 heterocycles. The van der Waals surface area contributed by atoms with E-state index in [1.807, 2.05) is 40.6 Å². The first kappa shape index (κ1) is 35.2. The average Bonchev–Trinajstić information content (AvgIpc) is 3.99. The first-order valence-electron chi connectivity index (χ1n) is 17.8. The van der Waals surface area contributed by atoms with Crippen LogP contribution in [0.25, 0.3) is 11.6 Å². The van der Waals surface area contributed by atoms with Gasteiger partial charge in [-0.25, -0.2) is 24.3 Å². The van der Waals surface area contributed by atoms with Gasteiger partial charge in [-0.05, 0) is 113 Å². The maximum atomic E-state index is 12.3. The SMILES string of the molecule is Cc1ncsc1C(=O)Nc1ccc(-n2nc(C3CC3)cc2C2CC2)nc1.Cc1nnsc1C(=O)Nc1ccc(-n2nc(C3CC3)cc2C2CC2)nc1.Cl. The summed E-state index contributed by atoms with van der Waals surface area (Å²) in [6, 6.07) is 12.1. The first-order chi connectivity index (χ1) is 25.4. The number of halogens is 1. The Bertz CT molecular complexity index is 2100. The van der Waals surface area contributed by atoms with E-state index in [0.29, 0.717) is 50.5 Å². The van der Waals surface area contributed by atoms with Gasteiger partial charge in [0.1, 0.15) is 9.75 Å². The number of rotatable bonds is 10. The van der Waals surface area contributed by atoms with Gasteiger partial charge in [0.15, 0.2) is 11.6 Å². The Hall–Kier alpha value is -4.86. The third-order valence-corrected chi connectivity index (χ3v) is 11.5. The van der Waals surface area contributed by atoms with Crippen LogP contribution < -0.4 is 10.6 Å². The summed E-state index contributed by atoms with van der Waals surface area (Å²) < 4.78 is 7.77. The number of carbonyl (C=O) groups excluding carboxylic acids is 2. The zero-order chi connectivity index (χ0) is 35.3. The molecule has 4 fully saturated rings. The van der Waals surface area contributed by atoms with Crippen molar-refractivity contribution in [3.63, 3.8) is 0 Å². The van der Waals surface area contributed by atoms with Crippen LogP contribution in [0.4, 0.5) is 11.4 Å². The molecule has 4 aliphatic rings. The Labute approximate surface area is 320 Å². The summed E-state index contributed by atoms with van der Waals surface area (Å²) in [5.41, 5.74) is 9.32. The molecule has 2 amide bonds. The van der Waals surface area contributed by atoms with Crippen molar-refractivity contribution in [3.05, 3.63) is 98.2 Å². The highest BCUT2D eigenvalue weighted by molar-refractivity contribution is 7.12. The number of pyridine rings is 2. The van der Waals surface area contributed by atoms with Crippen LogP contribution in [0.3, 0.4) is 0 Å². The molecular formula is C37H38ClN11O2S2. The molecule has 16 heteroatoms. The highest BCUT2D eigenvalue weighted by Gasteiger charge is 2.34. The molecule has 2 N–H and O–H groups in total. The molecule has 0 aliphatic heterocycles. The van der Waals surface area contributed by atoms with E-state index in [1.54, 1.807) is 24.8 Å². The van der Waals surface area contributed by atoms with Gasteiger partial charge in [0, 0.05) is 35.1 Å². The number of hydrogen-bond donors (Lipinski definition) is 2. The summed E-state index contributed by atoms with van der Waals surface area (Å²) in [5.74, 6) is 3.74. The molecule has 4 saturated carbocycles. The van der Waals surface area contributed by atoms with Gasteiger partial charge in [0.2, 0.25) is 0 Å². The lowest BCUT2D eigenvalue weighted by atomic mass is 10.2. The molecule has 272 valence electrons. The summed E-state index contributed by atoms with van der Waals surface area (Å²) in [6.45, 7) is 3.61. The molecule has 0 atom stereocenters. The number of aryl methyl sites for hydroxylation is 2. The quantitative estimate of drug-likeness (QED) is 0.141. The topological polar surface area (TPSA) is 158 Å². The molecular weight excluding hydrogens is 730 g/mol. The number of thiazole rings is 1. The zero-order valence-corrected chi connectivity index (χ0v) is 31.7. The minimum Gasteiger partial charge on any atom is -0.320 e. The molecule has 6 aromatic heterocycles. The molecule has 0 unspecified atom stereocenters. The van der Waals surface area contributed by atoms with Crippen molar-refractivity contribution < 1.29 is 9.59 Å². The van der Waals surface area contributed by atoms with Gasteiger partial charge in [0.05, 0.1) is 52.1 Å². The molecule has 0 bridgehead atoms. The predicted molar refractivity (Wildman–Crippen MR) is 205 cm³/mol. The van der Waals surface area contributed by atoms with Crippen molar-refractivity contribution in [2.75, 3.05) is 10.6 Å². The lowest BCUT2D eigenvalue weighted by molar-refractivity contribution is 0.102. The summed E-state index contributed by atoms with van der Waals surface area (Å²) in [6.07, 6.45) is 13.3. The fourth-order valence-electron chi connectivity index (χ4n) is 6.20. The highest BCUT2D eigenvalue weighted by Crippen LogP contribution is 2.46. The Morgan fingerprint density at radius 2 is 1.15 bits per heavy atom. The second-order valence-electron chi connectivity index (χ2n) is 14.1. The summed E-state index contributed by atoms with van der Waals surface area (Å²) in [7, 11) is 0. The van der Waals surface area contributed by atoms with E-state index in [0.717, 1.165) is 28.9 Å². The maximum Gasteiger partial charge on any atom is 0.269 e. The molecule has 0 saturated heterocycles. The molecule has 0 spiro atoms. The molecule has 6 aromatic rings. The number of amides is 2. The smallest absolute Gasteiger partial charge is 0.269 e. The largest absolute Gasteiger partial charge is 0.320 e. The van der Waals surface area contributed by atoms with Crippen LogP contribution in [0.5, 0.6) is 0 Å². The average molecular weight is 768 g/mol. The van der Waals surface area contributed by atoms with Gasteiger partial charge in [-0.1, -0.05) is 4.49 Å². The molecule has 13 nitrogen and oxygen atoms in total. The summed E-state index contributed by atoms with van der Waals surface area (Å²) in [5, 5.41) is 19.2. The number of aromatic nitrogens is 9. The third kappa shape index (κ3) is 7.78.